The van der Waals surface area contributed by atoms with E-state index in [1.807, 2.05) is 0 Å². The van der Waals surface area contributed by atoms with E-state index < -0.39 is 29.6 Å². The molecule has 0 radical (unpaired) electrons. The van der Waals surface area contributed by atoms with Crippen molar-refractivity contribution in [3.63, 3.8) is 0 Å². The lowest BCUT2D eigenvalue weighted by Gasteiger charge is -2.32. The maximum atomic E-state index is 12.5. The number of carbonyl (C=O) groups is 4. The van der Waals surface area contributed by atoms with Crippen LogP contribution in [-0.4, -0.2) is 58.5 Å². The van der Waals surface area contributed by atoms with E-state index in [1.165, 1.54) is 17.0 Å². The van der Waals surface area contributed by atoms with Crippen molar-refractivity contribution in [3.05, 3.63) is 35.4 Å². The van der Waals surface area contributed by atoms with E-state index in [0.29, 0.717) is 24.0 Å². The molecule has 5 N–H and O–H groups in total. The maximum absolute atomic E-state index is 12.5. The number of rotatable bonds is 6. The Labute approximate surface area is 156 Å². The fourth-order valence-corrected chi connectivity index (χ4v) is 2.95. The number of nitrogens with one attached hydrogen (secondary N) is 2. The van der Waals surface area contributed by atoms with E-state index in [9.17, 15) is 19.2 Å². The van der Waals surface area contributed by atoms with Crippen LogP contribution >= 0.6 is 0 Å². The van der Waals surface area contributed by atoms with Gasteiger partial charge in [0.2, 0.25) is 11.7 Å². The smallest absolute Gasteiger partial charge is 0.372 e. The van der Waals surface area contributed by atoms with E-state index in [4.69, 9.17) is 16.2 Å². The molecule has 0 bridgehead atoms. The predicted octanol–water partition coefficient (Wildman–Crippen LogP) is -0.0187. The molecule has 0 aromatic heterocycles. The molecule has 0 unspecified atom stereocenters. The second-order valence-corrected chi connectivity index (χ2v) is 6.46. The molecular weight excluding hydrogens is 352 g/mol. The van der Waals surface area contributed by atoms with Crippen molar-refractivity contribution >= 4 is 29.4 Å². The van der Waals surface area contributed by atoms with Gasteiger partial charge in [-0.3, -0.25) is 19.8 Å². The third-order valence-electron chi connectivity index (χ3n) is 4.56. The molecule has 0 aliphatic carbocycles. The Kier molecular flexibility index (Phi) is 6.27. The average molecular weight is 374 g/mol. The van der Waals surface area contributed by atoms with Crippen molar-refractivity contribution < 1.29 is 24.3 Å². The summed E-state index contributed by atoms with van der Waals surface area (Å²) in [5.74, 6) is -3.66. The van der Waals surface area contributed by atoms with Gasteiger partial charge in [0.05, 0.1) is 0 Å². The molecule has 2 rings (SSSR count). The first-order valence-electron chi connectivity index (χ1n) is 8.52. The zero-order chi connectivity index (χ0) is 20.1. The molecule has 1 saturated heterocycles. The van der Waals surface area contributed by atoms with Crippen molar-refractivity contribution in [3.8, 4) is 0 Å². The van der Waals surface area contributed by atoms with Crippen molar-refractivity contribution in [2.75, 3.05) is 13.1 Å². The highest BCUT2D eigenvalue weighted by Gasteiger charge is 2.32. The minimum Gasteiger partial charge on any atom is -0.475 e. The third-order valence-corrected chi connectivity index (χ3v) is 4.56. The first-order valence-corrected chi connectivity index (χ1v) is 8.52. The van der Waals surface area contributed by atoms with Crippen LogP contribution in [0.4, 0.5) is 0 Å². The van der Waals surface area contributed by atoms with Gasteiger partial charge in [0.15, 0.2) is 0 Å². The summed E-state index contributed by atoms with van der Waals surface area (Å²) < 4.78 is 0. The molecule has 1 atom stereocenters. The number of Topliss-reactive ketones (excluding diaryl/α,β-unsaturated/α-hetero) is 1. The number of benzene rings is 1. The van der Waals surface area contributed by atoms with Crippen molar-refractivity contribution in [2.45, 2.75) is 25.8 Å². The van der Waals surface area contributed by atoms with Crippen LogP contribution < -0.4 is 11.1 Å². The lowest BCUT2D eigenvalue weighted by Crippen LogP contribution is -2.50. The highest BCUT2D eigenvalue weighted by Crippen LogP contribution is 2.19. The number of amidine groups is 1. The Hall–Kier alpha value is -3.23. The molecule has 9 heteroatoms. The Morgan fingerprint density at radius 2 is 1.67 bits per heavy atom. The number of hydrogen-bond acceptors (Lipinski definition) is 5. The lowest BCUT2D eigenvalue weighted by atomic mass is 9.92. The zero-order valence-corrected chi connectivity index (χ0v) is 14.9. The van der Waals surface area contributed by atoms with Gasteiger partial charge in [-0.2, -0.15) is 0 Å². The number of piperidine rings is 1. The number of nitrogens with two attached hydrogens (primary N) is 1. The lowest BCUT2D eigenvalue weighted by molar-refractivity contribution is -0.152. The van der Waals surface area contributed by atoms with Gasteiger partial charge in [0.1, 0.15) is 11.9 Å². The number of carboxylic acids is 1. The van der Waals surface area contributed by atoms with Gasteiger partial charge in [-0.1, -0.05) is 12.1 Å². The van der Waals surface area contributed by atoms with Crippen LogP contribution in [0.5, 0.6) is 0 Å². The molecule has 0 spiro atoms. The molecule has 27 heavy (non-hydrogen) atoms. The van der Waals surface area contributed by atoms with Gasteiger partial charge in [0, 0.05) is 30.1 Å². The number of carbonyl (C=O) groups excluding carboxylic acids is 3. The van der Waals surface area contributed by atoms with Crippen LogP contribution in [0, 0.1) is 11.3 Å². The Morgan fingerprint density at radius 1 is 1.15 bits per heavy atom. The summed E-state index contributed by atoms with van der Waals surface area (Å²) in [6.07, 6.45) is 0.591. The molecule has 1 aliphatic heterocycles. The average Bonchev–Trinajstić information content (AvgIpc) is 2.66. The first kappa shape index (κ1) is 20.1. The van der Waals surface area contributed by atoms with Crippen LogP contribution in [0.25, 0.3) is 0 Å². The molecule has 1 aliphatic rings. The standard InChI is InChI=1S/C18H22N4O5/c1-10(21-16(24)13-4-2-12(3-5-13)15(19)20)17(25)22-8-6-11(7-9-22)14(23)18(26)27/h2-5,10-11H,6-9H2,1H3,(H3,19,20)(H,21,24)(H,26,27)/t10-/m1/s1. The molecule has 1 fully saturated rings. The zero-order valence-electron chi connectivity index (χ0n) is 14.9. The summed E-state index contributed by atoms with van der Waals surface area (Å²) >= 11 is 0. The maximum Gasteiger partial charge on any atom is 0.372 e. The van der Waals surface area contributed by atoms with Gasteiger partial charge < -0.3 is 21.1 Å². The van der Waals surface area contributed by atoms with Crippen LogP contribution in [0.1, 0.15) is 35.7 Å². The van der Waals surface area contributed by atoms with E-state index in [0.717, 1.165) is 0 Å². The summed E-state index contributed by atoms with van der Waals surface area (Å²) in [5.41, 5.74) is 6.20. The number of carboxylic acid groups (broad SMARTS) is 1. The van der Waals surface area contributed by atoms with Gasteiger partial charge in [-0.25, -0.2) is 4.79 Å². The third kappa shape index (κ3) is 4.90. The van der Waals surface area contributed by atoms with E-state index in [1.54, 1.807) is 19.1 Å². The Balaban J connectivity index is 1.90. The van der Waals surface area contributed by atoms with Gasteiger partial charge in [0.25, 0.3) is 5.91 Å². The van der Waals surface area contributed by atoms with Crippen molar-refractivity contribution in [1.29, 1.82) is 5.41 Å². The molecule has 1 heterocycles. The predicted molar refractivity (Wildman–Crippen MR) is 96.3 cm³/mol. The number of hydrogen-bond donors (Lipinski definition) is 4. The van der Waals surface area contributed by atoms with E-state index in [2.05, 4.69) is 5.32 Å². The number of likely N-dealkylation sites (tertiary alicyclic amines) is 1. The van der Waals surface area contributed by atoms with Gasteiger partial charge >= 0.3 is 5.97 Å². The van der Waals surface area contributed by atoms with E-state index >= 15 is 0 Å². The second kappa shape index (κ2) is 8.43. The summed E-state index contributed by atoms with van der Waals surface area (Å²) in [6.45, 7) is 2.12. The quantitative estimate of drug-likeness (QED) is 0.312. The summed E-state index contributed by atoms with van der Waals surface area (Å²) in [7, 11) is 0. The molecule has 1 aromatic carbocycles. The largest absolute Gasteiger partial charge is 0.475 e. The fraction of sp³-hybridized carbons (Fsp3) is 0.389. The second-order valence-electron chi connectivity index (χ2n) is 6.46. The molecule has 9 nitrogen and oxygen atoms in total. The Morgan fingerprint density at radius 3 is 2.15 bits per heavy atom. The molecule has 1 aromatic rings. The SMILES string of the molecule is C[C@@H](NC(=O)c1ccc(C(=N)N)cc1)C(=O)N1CCC(C(=O)C(=O)O)CC1. The monoisotopic (exact) mass is 374 g/mol. The van der Waals surface area contributed by atoms with Crippen LogP contribution in [0.15, 0.2) is 24.3 Å². The first-order chi connectivity index (χ1) is 12.7. The number of nitrogen functional groups attached to an aromatic ring is 1. The highest BCUT2D eigenvalue weighted by molar-refractivity contribution is 6.33. The summed E-state index contributed by atoms with van der Waals surface area (Å²) in [5, 5.41) is 18.7. The topological polar surface area (TPSA) is 154 Å². The number of ketones is 1. The minimum atomic E-state index is -1.45. The van der Waals surface area contributed by atoms with Crippen molar-refractivity contribution in [2.24, 2.45) is 11.7 Å². The number of amides is 2. The molecule has 2 amide bonds. The van der Waals surface area contributed by atoms with Crippen molar-refractivity contribution in [1.82, 2.24) is 10.2 Å². The van der Waals surface area contributed by atoms with Gasteiger partial charge in [-0.05, 0) is 31.9 Å². The van der Waals surface area contributed by atoms with Crippen LogP contribution in [0.2, 0.25) is 0 Å². The minimum absolute atomic E-state index is 0.102. The Bertz CT molecular complexity index is 766. The normalized spacial score (nSPS) is 15.7. The van der Waals surface area contributed by atoms with Crippen LogP contribution in [0.3, 0.4) is 0 Å². The summed E-state index contributed by atoms with van der Waals surface area (Å²) in [6, 6.07) is 5.37. The summed E-state index contributed by atoms with van der Waals surface area (Å²) in [4.78, 5) is 48.5. The van der Waals surface area contributed by atoms with E-state index in [-0.39, 0.29) is 24.8 Å². The number of nitrogens with zero attached hydrogens (tertiary/aromatic N) is 1. The van der Waals surface area contributed by atoms with Gasteiger partial charge in [-0.15, -0.1) is 0 Å². The molecule has 144 valence electrons. The number of aliphatic carboxylic acids is 1. The molecular formula is C18H22N4O5. The fourth-order valence-electron chi connectivity index (χ4n) is 2.95. The van der Waals surface area contributed by atoms with Crippen LogP contribution in [-0.2, 0) is 14.4 Å². The highest BCUT2D eigenvalue weighted by atomic mass is 16.4. The molecule has 0 saturated carbocycles.